The Hall–Kier alpha value is -1.72. The minimum Gasteiger partial charge on any atom is -0.394 e. The summed E-state index contributed by atoms with van der Waals surface area (Å²) < 4.78 is 47.1. The number of rotatable bonds is 28. The predicted molar refractivity (Wildman–Crippen MR) is 187 cm³/mol. The van der Waals surface area contributed by atoms with Gasteiger partial charge in [0.15, 0.2) is 6.29 Å². The highest BCUT2D eigenvalue weighted by Crippen LogP contribution is 2.26. The van der Waals surface area contributed by atoms with Crippen LogP contribution in [0.15, 0.2) is 36.5 Å². The van der Waals surface area contributed by atoms with Crippen molar-refractivity contribution in [2.24, 2.45) is 0 Å². The lowest BCUT2D eigenvalue weighted by molar-refractivity contribution is -0.298. The van der Waals surface area contributed by atoms with E-state index in [1.807, 2.05) is 0 Å². The number of ether oxygens (including phenoxy) is 2. The van der Waals surface area contributed by atoms with Crippen molar-refractivity contribution >= 4 is 16.3 Å². The number of unbranched alkanes of at least 4 members (excludes halogenated alkanes) is 11. The lowest BCUT2D eigenvalue weighted by atomic mass is 9.99. The van der Waals surface area contributed by atoms with Crippen molar-refractivity contribution in [1.29, 1.82) is 0 Å². The Morgan fingerprint density at radius 1 is 0.816 bits per heavy atom. The molecule has 1 saturated heterocycles. The lowest BCUT2D eigenvalue weighted by Gasteiger charge is -2.41. The number of allylic oxidation sites excluding steroid dienone is 5. The second kappa shape index (κ2) is 27.0. The number of aliphatic hydroxyl groups excluding tert-OH is 5. The van der Waals surface area contributed by atoms with Gasteiger partial charge in [-0.05, 0) is 51.4 Å². The van der Waals surface area contributed by atoms with Crippen LogP contribution in [0, 0.1) is 0 Å². The molecule has 1 aliphatic rings. The van der Waals surface area contributed by atoms with E-state index in [9.17, 15) is 38.7 Å². The third-order valence-electron chi connectivity index (χ3n) is 8.25. The van der Waals surface area contributed by atoms with Gasteiger partial charge in [0.2, 0.25) is 5.91 Å². The van der Waals surface area contributed by atoms with Crippen molar-refractivity contribution in [2.75, 3.05) is 13.2 Å². The molecule has 0 aromatic carbocycles. The maximum absolute atomic E-state index is 12.9. The zero-order chi connectivity index (χ0) is 36.5. The summed E-state index contributed by atoms with van der Waals surface area (Å²) in [5.74, 6) is -0.733. The smallest absolute Gasteiger partial charge is 0.394 e. The molecule has 8 unspecified atom stereocenters. The van der Waals surface area contributed by atoms with Gasteiger partial charge in [0.1, 0.15) is 30.5 Å². The Kier molecular flexibility index (Phi) is 25.0. The molecule has 49 heavy (non-hydrogen) atoms. The van der Waals surface area contributed by atoms with Gasteiger partial charge in [-0.15, -0.1) is 0 Å². The molecule has 8 atom stereocenters. The molecule has 13 nitrogen and oxygen atoms in total. The SMILES string of the molecule is CCCC/C=C\CCCCCC(O)C(=O)NC(COC1OC(CO)C(O)C(OS(=O)(=O)O)C1O)C(O)/C=C/CC/C=C/CCCCCCC. The summed E-state index contributed by atoms with van der Waals surface area (Å²) in [6, 6.07) is -1.14. The molecule has 286 valence electrons. The second-order valence-corrected chi connectivity index (χ2v) is 13.6. The molecule has 0 aromatic heterocycles. The summed E-state index contributed by atoms with van der Waals surface area (Å²) in [7, 11) is -5.11. The number of carbonyl (C=O) groups is 1. The topological polar surface area (TPSA) is 212 Å². The van der Waals surface area contributed by atoms with Crippen molar-refractivity contribution in [3.63, 3.8) is 0 Å². The van der Waals surface area contributed by atoms with Crippen LogP contribution in [0.2, 0.25) is 0 Å². The number of hydrogen-bond donors (Lipinski definition) is 7. The van der Waals surface area contributed by atoms with Crippen LogP contribution in [0.3, 0.4) is 0 Å². The normalized spacial score (nSPS) is 23.8. The highest BCUT2D eigenvalue weighted by atomic mass is 32.3. The van der Waals surface area contributed by atoms with Crippen LogP contribution in [0.5, 0.6) is 0 Å². The maximum Gasteiger partial charge on any atom is 0.397 e. The van der Waals surface area contributed by atoms with Crippen LogP contribution in [0.25, 0.3) is 0 Å². The molecule has 0 saturated carbocycles. The van der Waals surface area contributed by atoms with Gasteiger partial charge in [0.05, 0.1) is 25.4 Å². The number of carbonyl (C=O) groups excluding carboxylic acids is 1. The van der Waals surface area contributed by atoms with Crippen LogP contribution < -0.4 is 5.32 Å². The first-order chi connectivity index (χ1) is 23.4. The standard InChI is InChI=1S/C35H63NO12S/c1-3-5-7-9-11-13-14-16-17-19-21-23-28(38)27(36-34(42)29(39)24-22-20-18-15-12-10-8-6-4-2)26-46-35-32(41)33(48-49(43,44)45)31(40)30(25-37)47-35/h10,12,14,16,21,23,27-33,35,37-41H,3-9,11,13,15,17-20,22,24-26H2,1-2H3,(H,36,42)(H,43,44,45)/b12-10-,16-14+,23-21+. The molecule has 0 aromatic rings. The Bertz CT molecular complexity index is 1050. The first-order valence-corrected chi connectivity index (χ1v) is 19.3. The molecular weight excluding hydrogens is 658 g/mol. The molecule has 1 heterocycles. The zero-order valence-corrected chi connectivity index (χ0v) is 30.2. The summed E-state index contributed by atoms with van der Waals surface area (Å²) >= 11 is 0. The molecule has 0 radical (unpaired) electrons. The third kappa shape index (κ3) is 20.7. The highest BCUT2D eigenvalue weighted by molar-refractivity contribution is 7.80. The predicted octanol–water partition coefficient (Wildman–Crippen LogP) is 3.79. The zero-order valence-electron chi connectivity index (χ0n) is 29.4. The molecule has 0 spiro atoms. The molecular formula is C35H63NO12S. The Labute approximate surface area is 293 Å². The van der Waals surface area contributed by atoms with Crippen LogP contribution in [0.4, 0.5) is 0 Å². The molecule has 1 amide bonds. The van der Waals surface area contributed by atoms with Crippen LogP contribution in [0.1, 0.15) is 117 Å². The Morgan fingerprint density at radius 3 is 2.00 bits per heavy atom. The lowest BCUT2D eigenvalue weighted by Crippen LogP contribution is -2.61. The minimum absolute atomic E-state index is 0.213. The van der Waals surface area contributed by atoms with E-state index in [0.717, 1.165) is 57.8 Å². The molecule has 7 N–H and O–H groups in total. The van der Waals surface area contributed by atoms with E-state index < -0.39 is 78.5 Å². The van der Waals surface area contributed by atoms with E-state index >= 15 is 0 Å². The van der Waals surface area contributed by atoms with E-state index in [-0.39, 0.29) is 6.42 Å². The van der Waals surface area contributed by atoms with Gasteiger partial charge < -0.3 is 40.3 Å². The molecule has 1 fully saturated rings. The first-order valence-electron chi connectivity index (χ1n) is 18.0. The number of amides is 1. The number of aliphatic hydroxyl groups is 5. The largest absolute Gasteiger partial charge is 0.397 e. The fraction of sp³-hybridized carbons (Fsp3) is 0.800. The molecule has 0 aliphatic carbocycles. The monoisotopic (exact) mass is 721 g/mol. The van der Waals surface area contributed by atoms with E-state index in [0.29, 0.717) is 12.8 Å². The van der Waals surface area contributed by atoms with Crippen molar-refractivity contribution in [3.8, 4) is 0 Å². The van der Waals surface area contributed by atoms with Gasteiger partial charge in [-0.3, -0.25) is 9.35 Å². The van der Waals surface area contributed by atoms with Crippen LogP contribution >= 0.6 is 0 Å². The third-order valence-corrected chi connectivity index (χ3v) is 8.72. The van der Waals surface area contributed by atoms with Gasteiger partial charge in [-0.1, -0.05) is 102 Å². The molecule has 1 aliphatic heterocycles. The fourth-order valence-corrected chi connectivity index (χ4v) is 5.79. The summed E-state index contributed by atoms with van der Waals surface area (Å²) in [5.41, 5.74) is 0. The Balaban J connectivity index is 2.81. The minimum atomic E-state index is -5.11. The quantitative estimate of drug-likeness (QED) is 0.0350. The van der Waals surface area contributed by atoms with Gasteiger partial charge in [0.25, 0.3) is 0 Å². The number of hydrogen-bond acceptors (Lipinski definition) is 11. The van der Waals surface area contributed by atoms with Crippen molar-refractivity contribution < 1.29 is 57.0 Å². The van der Waals surface area contributed by atoms with Gasteiger partial charge in [-0.25, -0.2) is 4.18 Å². The molecule has 14 heteroatoms. The average molecular weight is 722 g/mol. The fourth-order valence-electron chi connectivity index (χ4n) is 5.28. The van der Waals surface area contributed by atoms with Crippen molar-refractivity contribution in [3.05, 3.63) is 36.5 Å². The van der Waals surface area contributed by atoms with E-state index in [1.54, 1.807) is 6.08 Å². The van der Waals surface area contributed by atoms with E-state index in [4.69, 9.17) is 14.0 Å². The average Bonchev–Trinajstić information content (AvgIpc) is 3.06. The van der Waals surface area contributed by atoms with Gasteiger partial charge in [-0.2, -0.15) is 8.42 Å². The Morgan fingerprint density at radius 2 is 1.39 bits per heavy atom. The summed E-state index contributed by atoms with van der Waals surface area (Å²) in [6.07, 6.45) is 15.6. The van der Waals surface area contributed by atoms with E-state index in [2.05, 4.69) is 47.7 Å². The van der Waals surface area contributed by atoms with Gasteiger partial charge in [0, 0.05) is 0 Å². The molecule has 1 rings (SSSR count). The molecule has 0 bridgehead atoms. The van der Waals surface area contributed by atoms with Crippen molar-refractivity contribution in [1.82, 2.24) is 5.32 Å². The van der Waals surface area contributed by atoms with Crippen LogP contribution in [-0.2, 0) is 28.9 Å². The second-order valence-electron chi connectivity index (χ2n) is 12.6. The first kappa shape index (κ1) is 45.3. The van der Waals surface area contributed by atoms with Crippen LogP contribution in [-0.4, -0.2) is 107 Å². The van der Waals surface area contributed by atoms with Gasteiger partial charge >= 0.3 is 10.4 Å². The number of nitrogens with one attached hydrogen (secondary N) is 1. The van der Waals surface area contributed by atoms with Crippen molar-refractivity contribution in [2.45, 2.75) is 166 Å². The highest BCUT2D eigenvalue weighted by Gasteiger charge is 2.48. The summed E-state index contributed by atoms with van der Waals surface area (Å²) in [5, 5.41) is 54.6. The summed E-state index contributed by atoms with van der Waals surface area (Å²) in [6.45, 7) is 3.04. The van der Waals surface area contributed by atoms with E-state index in [1.165, 1.54) is 31.8 Å². The maximum atomic E-state index is 12.9. The summed E-state index contributed by atoms with van der Waals surface area (Å²) in [4.78, 5) is 12.9.